The normalized spacial score (nSPS) is 16.7. The maximum atomic E-state index is 12.4. The highest BCUT2D eigenvalue weighted by atomic mass is 16.5. The Morgan fingerprint density at radius 1 is 1.16 bits per heavy atom. The van der Waals surface area contributed by atoms with Gasteiger partial charge in [-0.1, -0.05) is 42.5 Å². The summed E-state index contributed by atoms with van der Waals surface area (Å²) in [6.07, 6.45) is 0.577. The molecule has 0 spiro atoms. The molecule has 2 amide bonds. The summed E-state index contributed by atoms with van der Waals surface area (Å²) in [5.74, 6) is -0.259. The lowest BCUT2D eigenvalue weighted by Gasteiger charge is -2.17. The van der Waals surface area contributed by atoms with Crippen LogP contribution in [-0.2, 0) is 16.1 Å². The standard InChI is InChI=1S/C19H20N2O4/c22-16-8-4-5-9-17(16)25-13-18(23)20-15-10-11-21(19(15)24)12-14-6-2-1-3-7-14/h1-9,15,22H,10-13H2,(H,20,23)/t15-/m1/s1. The number of phenols is 1. The van der Waals surface area contributed by atoms with Gasteiger partial charge in [0.05, 0.1) is 0 Å². The quantitative estimate of drug-likeness (QED) is 0.839. The van der Waals surface area contributed by atoms with Gasteiger partial charge in [-0.05, 0) is 24.1 Å². The van der Waals surface area contributed by atoms with Gasteiger partial charge in [0.1, 0.15) is 6.04 Å². The topological polar surface area (TPSA) is 78.9 Å². The molecule has 1 aliphatic heterocycles. The minimum atomic E-state index is -0.524. The molecule has 2 N–H and O–H groups in total. The van der Waals surface area contributed by atoms with Gasteiger partial charge in [-0.2, -0.15) is 0 Å². The molecule has 0 saturated carbocycles. The molecule has 0 bridgehead atoms. The monoisotopic (exact) mass is 340 g/mol. The van der Waals surface area contributed by atoms with Crippen molar-refractivity contribution in [3.05, 3.63) is 60.2 Å². The zero-order valence-corrected chi connectivity index (χ0v) is 13.7. The number of hydrogen-bond donors (Lipinski definition) is 2. The summed E-state index contributed by atoms with van der Waals surface area (Å²) < 4.78 is 5.28. The molecule has 1 aliphatic rings. The van der Waals surface area contributed by atoms with Gasteiger partial charge in [0.15, 0.2) is 18.1 Å². The average molecular weight is 340 g/mol. The number of aromatic hydroxyl groups is 1. The maximum Gasteiger partial charge on any atom is 0.258 e. The zero-order valence-electron chi connectivity index (χ0n) is 13.7. The molecule has 1 atom stereocenters. The number of nitrogens with one attached hydrogen (secondary N) is 1. The smallest absolute Gasteiger partial charge is 0.258 e. The molecule has 1 heterocycles. The van der Waals surface area contributed by atoms with Gasteiger partial charge in [-0.3, -0.25) is 9.59 Å². The third-order valence-electron chi connectivity index (χ3n) is 4.07. The van der Waals surface area contributed by atoms with Gasteiger partial charge < -0.3 is 20.1 Å². The third kappa shape index (κ3) is 4.29. The van der Waals surface area contributed by atoms with Gasteiger partial charge >= 0.3 is 0 Å². The predicted octanol–water partition coefficient (Wildman–Crippen LogP) is 1.69. The van der Waals surface area contributed by atoms with Crippen molar-refractivity contribution >= 4 is 11.8 Å². The molecule has 0 aliphatic carbocycles. The van der Waals surface area contributed by atoms with Gasteiger partial charge in [-0.15, -0.1) is 0 Å². The SMILES string of the molecule is O=C(COc1ccccc1O)N[C@@H]1CCN(Cc2ccccc2)C1=O. The largest absolute Gasteiger partial charge is 0.504 e. The second-order valence-electron chi connectivity index (χ2n) is 5.91. The Bertz CT molecular complexity index is 748. The van der Waals surface area contributed by atoms with Gasteiger partial charge in [0, 0.05) is 13.1 Å². The second kappa shape index (κ2) is 7.70. The molecule has 1 fully saturated rings. The molecule has 3 rings (SSSR count). The van der Waals surface area contributed by atoms with E-state index in [1.165, 1.54) is 6.07 Å². The molecule has 6 heteroatoms. The van der Waals surface area contributed by atoms with Crippen molar-refractivity contribution < 1.29 is 19.4 Å². The van der Waals surface area contributed by atoms with E-state index in [1.807, 2.05) is 30.3 Å². The number of carbonyl (C=O) groups excluding carboxylic acids is 2. The first-order valence-electron chi connectivity index (χ1n) is 8.16. The average Bonchev–Trinajstić information content (AvgIpc) is 2.95. The number of likely N-dealkylation sites (tertiary alicyclic amines) is 1. The van der Waals surface area contributed by atoms with Crippen molar-refractivity contribution in [2.75, 3.05) is 13.2 Å². The summed E-state index contributed by atoms with van der Waals surface area (Å²) in [6.45, 7) is 0.902. The van der Waals surface area contributed by atoms with Crippen LogP contribution >= 0.6 is 0 Å². The zero-order chi connectivity index (χ0) is 17.6. The van der Waals surface area contributed by atoms with E-state index in [1.54, 1.807) is 23.1 Å². The number of amides is 2. The Morgan fingerprint density at radius 3 is 2.64 bits per heavy atom. The molecule has 1 saturated heterocycles. The highest BCUT2D eigenvalue weighted by Crippen LogP contribution is 2.24. The van der Waals surface area contributed by atoms with Crippen LogP contribution in [-0.4, -0.2) is 41.0 Å². The molecular weight excluding hydrogens is 320 g/mol. The fourth-order valence-corrected chi connectivity index (χ4v) is 2.79. The summed E-state index contributed by atoms with van der Waals surface area (Å²) in [5.41, 5.74) is 1.06. The van der Waals surface area contributed by atoms with Crippen LogP contribution in [0.1, 0.15) is 12.0 Å². The van der Waals surface area contributed by atoms with E-state index in [9.17, 15) is 14.7 Å². The van der Waals surface area contributed by atoms with Crippen molar-refractivity contribution in [2.45, 2.75) is 19.0 Å². The molecular formula is C19H20N2O4. The Kier molecular flexibility index (Phi) is 5.18. The lowest BCUT2D eigenvalue weighted by atomic mass is 10.2. The van der Waals surface area contributed by atoms with Gasteiger partial charge in [0.2, 0.25) is 5.91 Å². The molecule has 6 nitrogen and oxygen atoms in total. The Hall–Kier alpha value is -3.02. The predicted molar refractivity (Wildman–Crippen MR) is 92.0 cm³/mol. The van der Waals surface area contributed by atoms with Crippen molar-refractivity contribution in [3.8, 4) is 11.5 Å². The van der Waals surface area contributed by atoms with Crippen molar-refractivity contribution in [1.82, 2.24) is 10.2 Å². The second-order valence-corrected chi connectivity index (χ2v) is 5.91. The van der Waals surface area contributed by atoms with Gasteiger partial charge in [-0.25, -0.2) is 0 Å². The first-order chi connectivity index (χ1) is 12.1. The van der Waals surface area contributed by atoms with E-state index >= 15 is 0 Å². The molecule has 130 valence electrons. The van der Waals surface area contributed by atoms with Crippen LogP contribution < -0.4 is 10.1 Å². The Balaban J connectivity index is 1.49. The highest BCUT2D eigenvalue weighted by molar-refractivity contribution is 5.89. The number of benzene rings is 2. The van der Waals surface area contributed by atoms with E-state index in [0.29, 0.717) is 19.5 Å². The third-order valence-corrected chi connectivity index (χ3v) is 4.07. The highest BCUT2D eigenvalue weighted by Gasteiger charge is 2.32. The van der Waals surface area contributed by atoms with E-state index in [0.717, 1.165) is 5.56 Å². The first-order valence-corrected chi connectivity index (χ1v) is 8.16. The summed E-state index contributed by atoms with van der Waals surface area (Å²) in [4.78, 5) is 26.2. The first kappa shape index (κ1) is 16.8. The fourth-order valence-electron chi connectivity index (χ4n) is 2.79. The van der Waals surface area contributed by atoms with E-state index in [-0.39, 0.29) is 29.9 Å². The number of carbonyl (C=O) groups is 2. The van der Waals surface area contributed by atoms with Crippen LogP contribution in [0, 0.1) is 0 Å². The summed E-state index contributed by atoms with van der Waals surface area (Å²) in [5, 5.41) is 12.3. The van der Waals surface area contributed by atoms with Crippen molar-refractivity contribution in [3.63, 3.8) is 0 Å². The number of nitrogens with zero attached hydrogens (tertiary/aromatic N) is 1. The minimum Gasteiger partial charge on any atom is -0.504 e. The number of rotatable bonds is 6. The molecule has 0 unspecified atom stereocenters. The van der Waals surface area contributed by atoms with E-state index in [4.69, 9.17) is 4.74 Å². The summed E-state index contributed by atoms with van der Waals surface area (Å²) >= 11 is 0. The number of ether oxygens (including phenoxy) is 1. The lowest BCUT2D eigenvalue weighted by molar-refractivity contribution is -0.133. The van der Waals surface area contributed by atoms with Crippen LogP contribution in [0.15, 0.2) is 54.6 Å². The summed E-state index contributed by atoms with van der Waals surface area (Å²) in [6, 6.07) is 15.7. The van der Waals surface area contributed by atoms with Crippen LogP contribution in [0.2, 0.25) is 0 Å². The minimum absolute atomic E-state index is 0.0266. The van der Waals surface area contributed by atoms with Crippen LogP contribution in [0.3, 0.4) is 0 Å². The Morgan fingerprint density at radius 2 is 1.88 bits per heavy atom. The Labute approximate surface area is 146 Å². The van der Waals surface area contributed by atoms with Crippen molar-refractivity contribution in [1.29, 1.82) is 0 Å². The molecule has 25 heavy (non-hydrogen) atoms. The van der Waals surface area contributed by atoms with Crippen molar-refractivity contribution in [2.24, 2.45) is 0 Å². The lowest BCUT2D eigenvalue weighted by Crippen LogP contribution is -2.43. The maximum absolute atomic E-state index is 12.4. The molecule has 0 radical (unpaired) electrons. The van der Waals surface area contributed by atoms with Crippen LogP contribution in [0.25, 0.3) is 0 Å². The van der Waals surface area contributed by atoms with E-state index < -0.39 is 6.04 Å². The van der Waals surface area contributed by atoms with E-state index in [2.05, 4.69) is 5.32 Å². The summed E-state index contributed by atoms with van der Waals surface area (Å²) in [7, 11) is 0. The van der Waals surface area contributed by atoms with Crippen LogP contribution in [0.4, 0.5) is 0 Å². The van der Waals surface area contributed by atoms with Gasteiger partial charge in [0.25, 0.3) is 5.91 Å². The molecule has 0 aromatic heterocycles. The van der Waals surface area contributed by atoms with Crippen LogP contribution in [0.5, 0.6) is 11.5 Å². The molecule has 2 aromatic carbocycles. The fraction of sp³-hybridized carbons (Fsp3) is 0.263. The molecule has 2 aromatic rings. The number of hydrogen-bond acceptors (Lipinski definition) is 4. The number of para-hydroxylation sites is 2. The number of phenolic OH excluding ortho intramolecular Hbond substituents is 1.